The van der Waals surface area contributed by atoms with Gasteiger partial charge in [-0.25, -0.2) is 0 Å². The Morgan fingerprint density at radius 3 is 2.58 bits per heavy atom. The van der Waals surface area contributed by atoms with Crippen molar-refractivity contribution < 1.29 is 9.53 Å². The van der Waals surface area contributed by atoms with E-state index in [4.69, 9.17) is 4.74 Å². The van der Waals surface area contributed by atoms with Crippen molar-refractivity contribution in [1.29, 1.82) is 0 Å². The SMILES string of the molecule is Cc1ccccc1NC(=O)COc1ccccc1Br. The summed E-state index contributed by atoms with van der Waals surface area (Å²) in [6.07, 6.45) is 0. The van der Waals surface area contributed by atoms with Crippen molar-refractivity contribution in [3.05, 3.63) is 58.6 Å². The molecule has 2 aromatic carbocycles. The number of ether oxygens (including phenoxy) is 1. The van der Waals surface area contributed by atoms with E-state index in [-0.39, 0.29) is 12.5 Å². The maximum atomic E-state index is 11.8. The number of carbonyl (C=O) groups is 1. The lowest BCUT2D eigenvalue weighted by Gasteiger charge is -2.10. The van der Waals surface area contributed by atoms with Crippen LogP contribution in [0.3, 0.4) is 0 Å². The Morgan fingerprint density at radius 2 is 1.84 bits per heavy atom. The van der Waals surface area contributed by atoms with Gasteiger partial charge in [-0.1, -0.05) is 30.3 Å². The van der Waals surface area contributed by atoms with E-state index in [1.165, 1.54) is 0 Å². The monoisotopic (exact) mass is 319 g/mol. The average Bonchev–Trinajstić information content (AvgIpc) is 2.40. The van der Waals surface area contributed by atoms with Crippen LogP contribution in [0.4, 0.5) is 5.69 Å². The smallest absolute Gasteiger partial charge is 0.262 e. The third-order valence-electron chi connectivity index (χ3n) is 2.61. The summed E-state index contributed by atoms with van der Waals surface area (Å²) >= 11 is 3.37. The summed E-state index contributed by atoms with van der Waals surface area (Å²) in [5.74, 6) is 0.479. The predicted molar refractivity (Wildman–Crippen MR) is 79.4 cm³/mol. The largest absolute Gasteiger partial charge is 0.483 e. The van der Waals surface area contributed by atoms with Gasteiger partial charge in [-0.3, -0.25) is 4.79 Å². The zero-order valence-corrected chi connectivity index (χ0v) is 12.1. The van der Waals surface area contributed by atoms with Crippen LogP contribution in [0.1, 0.15) is 5.56 Å². The highest BCUT2D eigenvalue weighted by molar-refractivity contribution is 9.10. The van der Waals surface area contributed by atoms with Gasteiger partial charge in [0.05, 0.1) is 4.47 Å². The fourth-order valence-electron chi connectivity index (χ4n) is 1.60. The summed E-state index contributed by atoms with van der Waals surface area (Å²) in [5.41, 5.74) is 1.83. The highest BCUT2D eigenvalue weighted by Crippen LogP contribution is 2.23. The molecule has 0 fully saturated rings. The van der Waals surface area contributed by atoms with E-state index in [1.54, 1.807) is 0 Å². The summed E-state index contributed by atoms with van der Waals surface area (Å²) in [6.45, 7) is 1.93. The van der Waals surface area contributed by atoms with Crippen molar-refractivity contribution in [3.8, 4) is 5.75 Å². The molecule has 1 N–H and O–H groups in total. The molecule has 0 aliphatic rings. The van der Waals surface area contributed by atoms with Gasteiger partial charge in [-0.15, -0.1) is 0 Å². The molecule has 2 rings (SSSR count). The van der Waals surface area contributed by atoms with Gasteiger partial charge in [0, 0.05) is 5.69 Å². The summed E-state index contributed by atoms with van der Waals surface area (Å²) in [4.78, 5) is 11.8. The van der Waals surface area contributed by atoms with E-state index >= 15 is 0 Å². The molecule has 3 nitrogen and oxygen atoms in total. The Morgan fingerprint density at radius 1 is 1.16 bits per heavy atom. The van der Waals surface area contributed by atoms with Crippen LogP contribution in [0.25, 0.3) is 0 Å². The first kappa shape index (κ1) is 13.6. The Kier molecular flexibility index (Phi) is 4.58. The number of benzene rings is 2. The number of hydrogen-bond acceptors (Lipinski definition) is 2. The number of halogens is 1. The number of aryl methyl sites for hydroxylation is 1. The molecule has 0 saturated carbocycles. The van der Waals surface area contributed by atoms with Gasteiger partial charge < -0.3 is 10.1 Å². The highest BCUT2D eigenvalue weighted by atomic mass is 79.9. The van der Waals surface area contributed by atoms with Crippen LogP contribution in [0.2, 0.25) is 0 Å². The number of hydrogen-bond donors (Lipinski definition) is 1. The summed E-state index contributed by atoms with van der Waals surface area (Å²) in [5, 5.41) is 2.82. The fraction of sp³-hybridized carbons (Fsp3) is 0.133. The van der Waals surface area contributed by atoms with Crippen molar-refractivity contribution in [2.75, 3.05) is 11.9 Å². The molecule has 0 atom stereocenters. The molecular weight excluding hydrogens is 306 g/mol. The number of rotatable bonds is 4. The third kappa shape index (κ3) is 3.83. The lowest BCUT2D eigenvalue weighted by molar-refractivity contribution is -0.118. The molecule has 2 aromatic rings. The van der Waals surface area contributed by atoms with Crippen LogP contribution < -0.4 is 10.1 Å². The molecule has 4 heteroatoms. The van der Waals surface area contributed by atoms with Gasteiger partial charge in [0.2, 0.25) is 0 Å². The van der Waals surface area contributed by atoms with E-state index in [0.29, 0.717) is 5.75 Å². The molecule has 0 radical (unpaired) electrons. The zero-order valence-electron chi connectivity index (χ0n) is 10.5. The van der Waals surface area contributed by atoms with Crippen molar-refractivity contribution in [2.24, 2.45) is 0 Å². The van der Waals surface area contributed by atoms with Gasteiger partial charge in [-0.05, 0) is 46.6 Å². The van der Waals surface area contributed by atoms with Gasteiger partial charge in [0.15, 0.2) is 6.61 Å². The van der Waals surface area contributed by atoms with Crippen LogP contribution in [0, 0.1) is 6.92 Å². The average molecular weight is 320 g/mol. The Bertz CT molecular complexity index is 584. The van der Waals surface area contributed by atoms with E-state index in [1.807, 2.05) is 55.5 Å². The molecule has 98 valence electrons. The molecule has 0 aliphatic carbocycles. The number of anilines is 1. The second-order valence-corrected chi connectivity index (χ2v) is 4.94. The van der Waals surface area contributed by atoms with Crippen LogP contribution in [-0.4, -0.2) is 12.5 Å². The van der Waals surface area contributed by atoms with Gasteiger partial charge >= 0.3 is 0 Å². The second-order valence-electron chi connectivity index (χ2n) is 4.08. The molecule has 1 amide bonds. The molecular formula is C15H14BrNO2. The topological polar surface area (TPSA) is 38.3 Å². The second kappa shape index (κ2) is 6.38. The van der Waals surface area contributed by atoms with E-state index in [9.17, 15) is 4.79 Å². The summed E-state index contributed by atoms with van der Waals surface area (Å²) in [6, 6.07) is 15.1. The Labute approximate surface area is 120 Å². The highest BCUT2D eigenvalue weighted by Gasteiger charge is 2.06. The van der Waals surface area contributed by atoms with Crippen LogP contribution in [0.5, 0.6) is 5.75 Å². The minimum Gasteiger partial charge on any atom is -0.483 e. The van der Waals surface area contributed by atoms with Crippen molar-refractivity contribution >= 4 is 27.5 Å². The van der Waals surface area contributed by atoms with Crippen molar-refractivity contribution in [3.63, 3.8) is 0 Å². The first-order valence-corrected chi connectivity index (χ1v) is 6.69. The van der Waals surface area contributed by atoms with E-state index < -0.39 is 0 Å². The van der Waals surface area contributed by atoms with Gasteiger partial charge in [-0.2, -0.15) is 0 Å². The van der Waals surface area contributed by atoms with Crippen LogP contribution in [-0.2, 0) is 4.79 Å². The summed E-state index contributed by atoms with van der Waals surface area (Å²) < 4.78 is 6.28. The number of nitrogens with one attached hydrogen (secondary N) is 1. The molecule has 0 spiro atoms. The molecule has 0 unspecified atom stereocenters. The minimum atomic E-state index is -0.176. The number of carbonyl (C=O) groups excluding carboxylic acids is 1. The molecule has 0 aromatic heterocycles. The van der Waals surface area contributed by atoms with Crippen LogP contribution >= 0.6 is 15.9 Å². The van der Waals surface area contributed by atoms with E-state index in [2.05, 4.69) is 21.2 Å². The predicted octanol–water partition coefficient (Wildman–Crippen LogP) is 3.78. The Balaban J connectivity index is 1.92. The minimum absolute atomic E-state index is 0.0169. The molecule has 0 heterocycles. The lowest BCUT2D eigenvalue weighted by Crippen LogP contribution is -2.20. The standard InChI is InChI=1S/C15H14BrNO2/c1-11-6-2-4-8-13(11)17-15(18)10-19-14-9-5-3-7-12(14)16/h2-9H,10H2,1H3,(H,17,18). The van der Waals surface area contributed by atoms with Crippen molar-refractivity contribution in [2.45, 2.75) is 6.92 Å². The van der Waals surface area contributed by atoms with Crippen molar-refractivity contribution in [1.82, 2.24) is 0 Å². The maximum Gasteiger partial charge on any atom is 0.262 e. The first-order valence-electron chi connectivity index (χ1n) is 5.89. The fourth-order valence-corrected chi connectivity index (χ4v) is 2.00. The van der Waals surface area contributed by atoms with Crippen LogP contribution in [0.15, 0.2) is 53.0 Å². The van der Waals surface area contributed by atoms with Gasteiger partial charge in [0.25, 0.3) is 5.91 Å². The van der Waals surface area contributed by atoms with E-state index in [0.717, 1.165) is 15.7 Å². The molecule has 0 saturated heterocycles. The normalized spacial score (nSPS) is 10.0. The molecule has 0 aliphatic heterocycles. The Hall–Kier alpha value is -1.81. The zero-order chi connectivity index (χ0) is 13.7. The molecule has 19 heavy (non-hydrogen) atoms. The first-order chi connectivity index (χ1) is 9.16. The maximum absolute atomic E-state index is 11.8. The number of para-hydroxylation sites is 2. The number of amides is 1. The third-order valence-corrected chi connectivity index (χ3v) is 3.27. The lowest BCUT2D eigenvalue weighted by atomic mass is 10.2. The quantitative estimate of drug-likeness (QED) is 0.931. The summed E-state index contributed by atoms with van der Waals surface area (Å²) in [7, 11) is 0. The molecule has 0 bridgehead atoms. The van der Waals surface area contributed by atoms with Gasteiger partial charge in [0.1, 0.15) is 5.75 Å².